The number of nitrogens with zero attached hydrogens (tertiary/aromatic N) is 1. The smallest absolute Gasteiger partial charge is 0.261 e. The van der Waals surface area contributed by atoms with Crippen LogP contribution in [0.5, 0.6) is 0 Å². The molecule has 2 aromatic carbocycles. The number of hydrogen-bond acceptors (Lipinski definition) is 3. The molecule has 20 heavy (non-hydrogen) atoms. The first-order chi connectivity index (χ1) is 9.42. The van der Waals surface area contributed by atoms with Crippen LogP contribution in [0.3, 0.4) is 0 Å². The number of halogens is 2. The van der Waals surface area contributed by atoms with Crippen LogP contribution in [0, 0.1) is 11.3 Å². The molecule has 0 aliphatic carbocycles. The number of rotatable bonds is 3. The van der Waals surface area contributed by atoms with Crippen molar-refractivity contribution in [1.82, 2.24) is 0 Å². The minimum absolute atomic E-state index is 0.0653. The quantitative estimate of drug-likeness (QED) is 0.892. The van der Waals surface area contributed by atoms with Gasteiger partial charge in [0.2, 0.25) is 0 Å². The Kier molecular flexibility index (Phi) is 4.33. The molecule has 4 nitrogen and oxygen atoms in total. The number of hydrogen-bond donors (Lipinski definition) is 1. The lowest BCUT2D eigenvalue weighted by Crippen LogP contribution is -2.13. The fourth-order valence-electron chi connectivity index (χ4n) is 1.48. The molecule has 0 unspecified atom stereocenters. The van der Waals surface area contributed by atoms with Gasteiger partial charge in [-0.15, -0.1) is 0 Å². The van der Waals surface area contributed by atoms with Crippen molar-refractivity contribution in [3.05, 3.63) is 57.5 Å². The Hall–Kier alpha value is -1.55. The zero-order valence-electron chi connectivity index (χ0n) is 9.97. The van der Waals surface area contributed by atoms with Crippen molar-refractivity contribution < 1.29 is 8.42 Å². The number of sulfonamides is 1. The highest BCUT2D eigenvalue weighted by Crippen LogP contribution is 2.27. The molecule has 2 aromatic rings. The van der Waals surface area contributed by atoms with Gasteiger partial charge in [0, 0.05) is 4.47 Å². The number of nitriles is 1. The van der Waals surface area contributed by atoms with E-state index < -0.39 is 10.0 Å². The Bertz CT molecular complexity index is 783. The normalized spacial score (nSPS) is 10.8. The van der Waals surface area contributed by atoms with E-state index in [1.165, 1.54) is 24.3 Å². The minimum Gasteiger partial charge on any atom is -0.278 e. The maximum absolute atomic E-state index is 12.2. The van der Waals surface area contributed by atoms with Crippen molar-refractivity contribution in [2.75, 3.05) is 4.72 Å². The van der Waals surface area contributed by atoms with Crippen LogP contribution in [0.2, 0.25) is 5.02 Å². The van der Waals surface area contributed by atoms with Crippen LogP contribution in [0.1, 0.15) is 5.56 Å². The molecular weight excluding hydrogens is 364 g/mol. The second-order valence-electron chi connectivity index (χ2n) is 3.87. The highest BCUT2D eigenvalue weighted by molar-refractivity contribution is 9.10. The molecule has 0 amide bonds. The Morgan fingerprint density at radius 2 is 1.80 bits per heavy atom. The first-order valence-electron chi connectivity index (χ1n) is 5.40. The Balaban J connectivity index is 2.33. The fourth-order valence-corrected chi connectivity index (χ4v) is 3.34. The van der Waals surface area contributed by atoms with Gasteiger partial charge in [-0.05, 0) is 42.5 Å². The van der Waals surface area contributed by atoms with Gasteiger partial charge < -0.3 is 0 Å². The largest absolute Gasteiger partial charge is 0.278 e. The van der Waals surface area contributed by atoms with Crippen molar-refractivity contribution >= 4 is 43.2 Å². The van der Waals surface area contributed by atoms with Crippen LogP contribution in [-0.2, 0) is 10.0 Å². The van der Waals surface area contributed by atoms with Crippen LogP contribution < -0.4 is 4.72 Å². The van der Waals surface area contributed by atoms with E-state index in [2.05, 4.69) is 20.7 Å². The maximum Gasteiger partial charge on any atom is 0.261 e. The molecule has 0 bridgehead atoms. The lowest BCUT2D eigenvalue weighted by molar-refractivity contribution is 0.601. The zero-order valence-corrected chi connectivity index (χ0v) is 13.1. The minimum atomic E-state index is -3.73. The van der Waals surface area contributed by atoms with Gasteiger partial charge in [0.15, 0.2) is 0 Å². The molecule has 0 aliphatic heterocycles. The lowest BCUT2D eigenvalue weighted by Gasteiger charge is -2.09. The summed E-state index contributed by atoms with van der Waals surface area (Å²) in [6, 6.07) is 12.4. The number of anilines is 1. The zero-order chi connectivity index (χ0) is 14.8. The van der Waals surface area contributed by atoms with Gasteiger partial charge in [-0.3, -0.25) is 4.72 Å². The highest BCUT2D eigenvalue weighted by Gasteiger charge is 2.15. The third kappa shape index (κ3) is 3.31. The molecule has 0 fully saturated rings. The molecule has 2 rings (SSSR count). The summed E-state index contributed by atoms with van der Waals surface area (Å²) in [5, 5.41) is 8.98. The molecule has 0 spiro atoms. The van der Waals surface area contributed by atoms with Gasteiger partial charge in [0.25, 0.3) is 10.0 Å². The fraction of sp³-hybridized carbons (Fsp3) is 0. The Labute approximate surface area is 130 Å². The summed E-state index contributed by atoms with van der Waals surface area (Å²) in [5.41, 5.74) is 0.685. The summed E-state index contributed by atoms with van der Waals surface area (Å²) in [4.78, 5) is 0.0653. The topological polar surface area (TPSA) is 70.0 Å². The van der Waals surface area contributed by atoms with Crippen LogP contribution in [0.25, 0.3) is 0 Å². The third-order valence-corrected chi connectivity index (χ3v) is 4.66. The maximum atomic E-state index is 12.2. The van der Waals surface area contributed by atoms with Crippen LogP contribution in [0.4, 0.5) is 5.69 Å². The van der Waals surface area contributed by atoms with E-state index in [-0.39, 0.29) is 9.92 Å². The van der Waals surface area contributed by atoms with E-state index in [9.17, 15) is 8.42 Å². The van der Waals surface area contributed by atoms with Crippen LogP contribution in [0.15, 0.2) is 51.8 Å². The van der Waals surface area contributed by atoms with Crippen molar-refractivity contribution in [2.45, 2.75) is 4.90 Å². The lowest BCUT2D eigenvalue weighted by atomic mass is 10.2. The van der Waals surface area contributed by atoms with E-state index in [0.717, 1.165) is 4.47 Å². The van der Waals surface area contributed by atoms with Crippen LogP contribution >= 0.6 is 27.5 Å². The van der Waals surface area contributed by atoms with E-state index in [1.807, 2.05) is 6.07 Å². The standard InChI is InChI=1S/C13H8BrClN2O2S/c14-10-3-6-13(12(15)7-10)17-20(18,19)11-4-1-9(8-16)2-5-11/h1-7,17H. The van der Waals surface area contributed by atoms with E-state index in [4.69, 9.17) is 16.9 Å². The average molecular weight is 372 g/mol. The molecule has 0 saturated carbocycles. The van der Waals surface area contributed by atoms with Crippen LogP contribution in [-0.4, -0.2) is 8.42 Å². The molecule has 0 aliphatic rings. The number of nitrogens with one attached hydrogen (secondary N) is 1. The van der Waals surface area contributed by atoms with Gasteiger partial charge in [-0.1, -0.05) is 27.5 Å². The van der Waals surface area contributed by atoms with Gasteiger partial charge in [-0.25, -0.2) is 8.42 Å². The molecule has 0 atom stereocenters. The Morgan fingerprint density at radius 1 is 1.15 bits per heavy atom. The van der Waals surface area contributed by atoms with E-state index in [0.29, 0.717) is 11.3 Å². The Morgan fingerprint density at radius 3 is 2.35 bits per heavy atom. The SMILES string of the molecule is N#Cc1ccc(S(=O)(=O)Nc2ccc(Br)cc2Cl)cc1. The second kappa shape index (κ2) is 5.83. The molecule has 1 N–H and O–H groups in total. The predicted molar refractivity (Wildman–Crippen MR) is 81.1 cm³/mol. The van der Waals surface area contributed by atoms with E-state index >= 15 is 0 Å². The molecule has 0 saturated heterocycles. The molecule has 0 heterocycles. The summed E-state index contributed by atoms with van der Waals surface area (Å²) >= 11 is 9.22. The van der Waals surface area contributed by atoms with Gasteiger partial charge >= 0.3 is 0 Å². The molecule has 0 aromatic heterocycles. The van der Waals surface area contributed by atoms with Gasteiger partial charge in [-0.2, -0.15) is 5.26 Å². The third-order valence-electron chi connectivity index (χ3n) is 2.47. The van der Waals surface area contributed by atoms with Crippen molar-refractivity contribution in [1.29, 1.82) is 5.26 Å². The van der Waals surface area contributed by atoms with Gasteiger partial charge in [0.1, 0.15) is 0 Å². The average Bonchev–Trinajstić information content (AvgIpc) is 2.42. The summed E-state index contributed by atoms with van der Waals surface area (Å²) in [7, 11) is -3.73. The van der Waals surface area contributed by atoms with E-state index in [1.54, 1.807) is 18.2 Å². The molecule has 7 heteroatoms. The molecule has 102 valence electrons. The van der Waals surface area contributed by atoms with Crippen molar-refractivity contribution in [3.63, 3.8) is 0 Å². The molecular formula is C13H8BrClN2O2S. The van der Waals surface area contributed by atoms with Gasteiger partial charge in [0.05, 0.1) is 27.2 Å². The summed E-state index contributed by atoms with van der Waals surface area (Å²) in [6.45, 7) is 0. The van der Waals surface area contributed by atoms with Crippen molar-refractivity contribution in [2.24, 2.45) is 0 Å². The monoisotopic (exact) mass is 370 g/mol. The summed E-state index contributed by atoms with van der Waals surface area (Å²) in [6.07, 6.45) is 0. The summed E-state index contributed by atoms with van der Waals surface area (Å²) in [5.74, 6) is 0. The highest BCUT2D eigenvalue weighted by atomic mass is 79.9. The first-order valence-corrected chi connectivity index (χ1v) is 8.06. The summed E-state index contributed by atoms with van der Waals surface area (Å²) < 4.78 is 27.5. The second-order valence-corrected chi connectivity index (χ2v) is 6.87. The first kappa shape index (κ1) is 14.9. The number of benzene rings is 2. The van der Waals surface area contributed by atoms with Crippen molar-refractivity contribution in [3.8, 4) is 6.07 Å². The predicted octanol–water partition coefficient (Wildman–Crippen LogP) is 3.77. The molecule has 0 radical (unpaired) electrons.